The maximum atomic E-state index is 13.4. The summed E-state index contributed by atoms with van der Waals surface area (Å²) < 4.78 is 112. The molecule has 0 unspecified atom stereocenters. The van der Waals surface area contributed by atoms with Gasteiger partial charge in [0.05, 0.1) is 42.5 Å². The molecule has 0 saturated heterocycles. The molecule has 1 amide bonds. The van der Waals surface area contributed by atoms with Crippen LogP contribution in [-0.4, -0.2) is 45.1 Å². The number of rotatable bonds is 6. The van der Waals surface area contributed by atoms with E-state index in [4.69, 9.17) is 32.7 Å². The number of carbonyl (C=O) groups excluding carboxylic acids is 2. The summed E-state index contributed by atoms with van der Waals surface area (Å²) in [6, 6.07) is 12.8. The lowest BCUT2D eigenvalue weighted by molar-refractivity contribution is -0.138. The second kappa shape index (κ2) is 17.7. The molecule has 0 spiro atoms. The molecule has 0 heterocycles. The Morgan fingerprint density at radius 3 is 1.57 bits per heavy atom. The predicted molar refractivity (Wildman–Crippen MR) is 169 cm³/mol. The number of alkyl halides is 6. The number of benzene rings is 4. The van der Waals surface area contributed by atoms with Gasteiger partial charge in [0.15, 0.2) is 5.78 Å². The number of hydroxylamine groups is 2. The molecule has 0 atom stereocenters. The lowest BCUT2D eigenvalue weighted by atomic mass is 10.00. The number of hydrogen-bond donors (Lipinski definition) is 0. The summed E-state index contributed by atoms with van der Waals surface area (Å²) in [5.41, 5.74) is -3.37. The van der Waals surface area contributed by atoms with E-state index in [0.29, 0.717) is 40.4 Å². The fourth-order valence-electron chi connectivity index (χ4n) is 3.68. The van der Waals surface area contributed by atoms with Gasteiger partial charge >= 0.3 is 12.4 Å². The van der Waals surface area contributed by atoms with Crippen molar-refractivity contribution in [2.75, 3.05) is 28.4 Å². The van der Waals surface area contributed by atoms with Crippen LogP contribution in [0.5, 0.6) is 11.5 Å². The Bertz CT molecular complexity index is 1790. The predicted octanol–water partition coefficient (Wildman–Crippen LogP) is 10.3. The van der Waals surface area contributed by atoms with Crippen molar-refractivity contribution in [2.45, 2.75) is 12.4 Å². The Morgan fingerprint density at radius 1 is 0.673 bits per heavy atom. The fourth-order valence-corrected chi connectivity index (χ4v) is 4.70. The molecule has 0 fully saturated rings. The Kier molecular flexibility index (Phi) is 14.9. The quantitative estimate of drug-likeness (QED) is 0.110. The van der Waals surface area contributed by atoms with E-state index in [-0.39, 0.29) is 16.3 Å². The molecule has 17 heteroatoms. The topological polar surface area (TPSA) is 65.1 Å². The van der Waals surface area contributed by atoms with Gasteiger partial charge < -0.3 is 9.47 Å². The van der Waals surface area contributed by atoms with Gasteiger partial charge in [0, 0.05) is 28.2 Å². The second-order valence-corrected chi connectivity index (χ2v) is 11.1. The first kappa shape index (κ1) is 41.3. The van der Waals surface area contributed by atoms with E-state index < -0.39 is 57.9 Å². The van der Waals surface area contributed by atoms with Crippen molar-refractivity contribution in [1.29, 1.82) is 0 Å². The molecule has 0 radical (unpaired) electrons. The number of carbonyl (C=O) groups is 2. The first-order valence-corrected chi connectivity index (χ1v) is 14.7. The van der Waals surface area contributed by atoms with Crippen LogP contribution in [0.1, 0.15) is 37.4 Å². The van der Waals surface area contributed by atoms with E-state index in [1.165, 1.54) is 39.5 Å². The zero-order chi connectivity index (χ0) is 37.3. The maximum Gasteiger partial charge on any atom is 0.416 e. The molecule has 0 aliphatic heterocycles. The van der Waals surface area contributed by atoms with Crippen molar-refractivity contribution in [3.05, 3.63) is 127 Å². The summed E-state index contributed by atoms with van der Waals surface area (Å²) in [7, 11) is 5.29. The lowest BCUT2D eigenvalue weighted by Crippen LogP contribution is -2.26. The molecule has 264 valence electrons. The van der Waals surface area contributed by atoms with Crippen LogP contribution in [0.15, 0.2) is 77.3 Å². The highest BCUT2D eigenvalue weighted by Gasteiger charge is 2.33. The molecule has 0 aromatic heterocycles. The van der Waals surface area contributed by atoms with Gasteiger partial charge in [0.1, 0.15) is 23.1 Å². The number of halogens is 11. The van der Waals surface area contributed by atoms with Gasteiger partial charge in [-0.25, -0.2) is 13.8 Å². The summed E-state index contributed by atoms with van der Waals surface area (Å²) in [5.74, 6) is -3.04. The van der Waals surface area contributed by atoms with E-state index in [1.54, 1.807) is 19.2 Å². The molecule has 6 nitrogen and oxygen atoms in total. The SMILES string of the molecule is CON(C)C(=O)c1cc(F)cc(C(F)(F)F)c1.COc1ccc(Cl)cc1Br.COc1ccc(Cl)cc1C(=O)c1cc(F)cc(C(F)(F)F)c1. The van der Waals surface area contributed by atoms with Crippen LogP contribution in [-0.2, 0) is 17.2 Å². The van der Waals surface area contributed by atoms with Crippen LogP contribution in [0.2, 0.25) is 10.0 Å². The van der Waals surface area contributed by atoms with Crippen LogP contribution in [0.3, 0.4) is 0 Å². The van der Waals surface area contributed by atoms with Crippen LogP contribution in [0.25, 0.3) is 0 Å². The van der Waals surface area contributed by atoms with Crippen molar-refractivity contribution in [3.63, 3.8) is 0 Å². The first-order chi connectivity index (χ1) is 22.7. The van der Waals surface area contributed by atoms with E-state index in [0.717, 1.165) is 16.3 Å². The summed E-state index contributed by atoms with van der Waals surface area (Å²) in [6.45, 7) is 0. The standard InChI is InChI=1S/C15H9ClF4O2.C10H9F4NO2.C7H6BrClO/c1-22-13-3-2-10(16)7-12(13)14(21)8-4-9(15(18,19)20)6-11(17)5-8;1-15(17-2)9(16)6-3-7(10(12,13)14)5-8(11)4-6;1-10-7-3-2-5(9)4-6(7)8/h2-7H,1H3;3-5H,1-2H3;2-4H,1H3. The third kappa shape index (κ3) is 12.2. The number of nitrogens with zero attached hydrogens (tertiary/aromatic N) is 1. The minimum atomic E-state index is -4.75. The number of ether oxygens (including phenoxy) is 2. The highest BCUT2D eigenvalue weighted by molar-refractivity contribution is 9.10. The van der Waals surface area contributed by atoms with Crippen LogP contribution in [0.4, 0.5) is 35.1 Å². The average molecular weight is 805 g/mol. The van der Waals surface area contributed by atoms with Crippen LogP contribution < -0.4 is 9.47 Å². The fraction of sp³-hybridized carbons (Fsp3) is 0.188. The third-order valence-corrected chi connectivity index (χ3v) is 7.13. The van der Waals surface area contributed by atoms with Crippen molar-refractivity contribution in [2.24, 2.45) is 0 Å². The number of amides is 1. The molecule has 0 saturated carbocycles. The highest BCUT2D eigenvalue weighted by atomic mass is 79.9. The molecule has 49 heavy (non-hydrogen) atoms. The van der Waals surface area contributed by atoms with Crippen molar-refractivity contribution < 1.29 is 59.0 Å². The average Bonchev–Trinajstić information content (AvgIpc) is 3.03. The zero-order valence-electron chi connectivity index (χ0n) is 25.6. The number of hydrogen-bond acceptors (Lipinski definition) is 5. The zero-order valence-corrected chi connectivity index (χ0v) is 28.7. The maximum absolute atomic E-state index is 13.4. The van der Waals surface area contributed by atoms with Gasteiger partial charge in [0.2, 0.25) is 0 Å². The summed E-state index contributed by atoms with van der Waals surface area (Å²) in [4.78, 5) is 28.3. The van der Waals surface area contributed by atoms with Crippen molar-refractivity contribution in [3.8, 4) is 11.5 Å². The molecule has 0 bridgehead atoms. The third-order valence-electron chi connectivity index (χ3n) is 6.04. The normalized spacial score (nSPS) is 11.0. The van der Waals surface area contributed by atoms with Gasteiger partial charge in [-0.2, -0.15) is 26.3 Å². The van der Waals surface area contributed by atoms with E-state index in [2.05, 4.69) is 20.8 Å². The molecule has 4 aromatic carbocycles. The summed E-state index contributed by atoms with van der Waals surface area (Å²) in [6.07, 6.45) is -9.46. The van der Waals surface area contributed by atoms with Gasteiger partial charge in [0.25, 0.3) is 5.91 Å². The Labute approximate surface area is 293 Å². The summed E-state index contributed by atoms with van der Waals surface area (Å²) >= 11 is 14.8. The monoisotopic (exact) mass is 803 g/mol. The molecular formula is C32H24BrCl2F8NO5. The Hall–Kier alpha value is -3.92. The van der Waals surface area contributed by atoms with Gasteiger partial charge in [-0.05, 0) is 88.7 Å². The highest BCUT2D eigenvalue weighted by Crippen LogP contribution is 2.33. The van der Waals surface area contributed by atoms with E-state index in [9.17, 15) is 44.7 Å². The molecule has 0 aliphatic rings. The van der Waals surface area contributed by atoms with Crippen molar-refractivity contribution in [1.82, 2.24) is 5.06 Å². The van der Waals surface area contributed by atoms with Gasteiger partial charge in [-0.15, -0.1) is 0 Å². The van der Waals surface area contributed by atoms with Gasteiger partial charge in [-0.1, -0.05) is 23.2 Å². The molecule has 0 N–H and O–H groups in total. The molecule has 4 rings (SSSR count). The largest absolute Gasteiger partial charge is 0.496 e. The lowest BCUT2D eigenvalue weighted by Gasteiger charge is -2.15. The first-order valence-electron chi connectivity index (χ1n) is 13.2. The van der Waals surface area contributed by atoms with Crippen LogP contribution in [0, 0.1) is 11.6 Å². The van der Waals surface area contributed by atoms with Crippen LogP contribution >= 0.6 is 39.1 Å². The van der Waals surface area contributed by atoms with E-state index in [1.807, 2.05) is 6.07 Å². The minimum absolute atomic E-state index is 0.0475. The molecular weight excluding hydrogens is 781 g/mol. The number of methoxy groups -OCH3 is 2. The van der Waals surface area contributed by atoms with Crippen molar-refractivity contribution >= 4 is 50.8 Å². The molecule has 0 aliphatic carbocycles. The molecule has 4 aromatic rings. The van der Waals surface area contributed by atoms with E-state index >= 15 is 0 Å². The Balaban J connectivity index is 0.000000273. The minimum Gasteiger partial charge on any atom is -0.496 e. The van der Waals surface area contributed by atoms with Gasteiger partial charge in [-0.3, -0.25) is 14.4 Å². The number of ketones is 1. The second-order valence-electron chi connectivity index (χ2n) is 9.39. The summed E-state index contributed by atoms with van der Waals surface area (Å²) in [5, 5.41) is 1.61. The smallest absolute Gasteiger partial charge is 0.416 e. The Morgan fingerprint density at radius 2 is 1.12 bits per heavy atom.